The van der Waals surface area contributed by atoms with Crippen molar-refractivity contribution >= 4 is 23.4 Å². The van der Waals surface area contributed by atoms with Crippen LogP contribution in [-0.4, -0.2) is 43.6 Å². The molecule has 0 spiro atoms. The van der Waals surface area contributed by atoms with Crippen molar-refractivity contribution in [3.05, 3.63) is 71.5 Å². The van der Waals surface area contributed by atoms with Gasteiger partial charge in [0.05, 0.1) is 7.11 Å². The third-order valence-corrected chi connectivity index (χ3v) is 7.46. The number of ether oxygens (including phenoxy) is 1. The molecule has 1 aliphatic heterocycles. The molecule has 1 aromatic heterocycles. The molecule has 4 rings (SSSR count). The normalized spacial score (nSPS) is 16.6. The Balaban J connectivity index is 1.42. The number of hydrogen-bond donors (Lipinski definition) is 0. The maximum absolute atomic E-state index is 13.2. The number of anilines is 1. The van der Waals surface area contributed by atoms with E-state index in [-0.39, 0.29) is 17.4 Å². The number of carbonyl (C=O) groups excluding carboxylic acids is 1. The van der Waals surface area contributed by atoms with Crippen LogP contribution in [0.1, 0.15) is 49.4 Å². The second-order valence-electron chi connectivity index (χ2n) is 9.94. The first-order chi connectivity index (χ1) is 16.2. The van der Waals surface area contributed by atoms with Gasteiger partial charge >= 0.3 is 0 Å². The van der Waals surface area contributed by atoms with Crippen molar-refractivity contribution in [2.45, 2.75) is 56.1 Å². The molecular formula is C28H34N2O3S. The van der Waals surface area contributed by atoms with Gasteiger partial charge in [0, 0.05) is 36.3 Å². The molecule has 2 aromatic carbocycles. The zero-order valence-corrected chi connectivity index (χ0v) is 21.7. The lowest BCUT2D eigenvalue weighted by molar-refractivity contribution is 0.0689. The fraction of sp³-hybridized carbons (Fsp3) is 0.393. The molecule has 0 radical (unpaired) electrons. The number of aryl methyl sites for hydroxylation is 1. The van der Waals surface area contributed by atoms with E-state index >= 15 is 0 Å². The summed E-state index contributed by atoms with van der Waals surface area (Å²) in [6.45, 7) is 13.0. The number of amides is 1. The van der Waals surface area contributed by atoms with Crippen LogP contribution in [0.25, 0.3) is 0 Å². The Morgan fingerprint density at radius 1 is 1.06 bits per heavy atom. The molecule has 1 fully saturated rings. The first-order valence-corrected chi connectivity index (χ1v) is 12.6. The molecule has 1 atom stereocenters. The number of carbonyl (C=O) groups is 1. The van der Waals surface area contributed by atoms with Crippen molar-refractivity contribution in [3.8, 4) is 5.75 Å². The second-order valence-corrected chi connectivity index (χ2v) is 11.0. The Hall–Kier alpha value is -2.86. The van der Waals surface area contributed by atoms with E-state index in [1.807, 2.05) is 23.1 Å². The highest BCUT2D eigenvalue weighted by Gasteiger charge is 2.29. The smallest absolute Gasteiger partial charge is 0.289 e. The van der Waals surface area contributed by atoms with E-state index < -0.39 is 0 Å². The predicted octanol–water partition coefficient (Wildman–Crippen LogP) is 6.40. The Morgan fingerprint density at radius 3 is 2.44 bits per heavy atom. The summed E-state index contributed by atoms with van der Waals surface area (Å²) < 4.78 is 11.3. The zero-order chi connectivity index (χ0) is 24.5. The lowest BCUT2D eigenvalue weighted by atomic mass is 9.87. The molecule has 180 valence electrons. The molecule has 1 amide bonds. The Bertz CT molecular complexity index is 1150. The number of piperazine rings is 1. The van der Waals surface area contributed by atoms with Gasteiger partial charge in [0.25, 0.3) is 5.91 Å². The van der Waals surface area contributed by atoms with Crippen molar-refractivity contribution < 1.29 is 13.9 Å². The van der Waals surface area contributed by atoms with Gasteiger partial charge in [-0.1, -0.05) is 44.7 Å². The average Bonchev–Trinajstić information content (AvgIpc) is 3.28. The van der Waals surface area contributed by atoms with E-state index in [2.05, 4.69) is 69.9 Å². The number of furan rings is 1. The van der Waals surface area contributed by atoms with Crippen LogP contribution in [0.3, 0.4) is 0 Å². The summed E-state index contributed by atoms with van der Waals surface area (Å²) in [7, 11) is 1.67. The number of methoxy groups -OCH3 is 1. The minimum atomic E-state index is -0.0479. The molecule has 0 bridgehead atoms. The standard InChI is InChI=1S/C28H34N2O3S/c1-19-7-8-21(28(3,4)5)17-25(19)34-26-14-13-24(33-26)27(31)29-15-16-30(20(2)18-29)22-9-11-23(32-6)12-10-22/h7-14,17,20H,15-16,18H2,1-6H3. The molecule has 1 saturated heterocycles. The lowest BCUT2D eigenvalue weighted by Crippen LogP contribution is -2.53. The first-order valence-electron chi connectivity index (χ1n) is 11.7. The highest BCUT2D eigenvalue weighted by Crippen LogP contribution is 2.35. The van der Waals surface area contributed by atoms with Gasteiger partial charge in [0.2, 0.25) is 0 Å². The molecule has 3 aromatic rings. The first kappa shape index (κ1) is 24.3. The van der Waals surface area contributed by atoms with E-state index in [4.69, 9.17) is 9.15 Å². The van der Waals surface area contributed by atoms with E-state index in [9.17, 15) is 4.79 Å². The van der Waals surface area contributed by atoms with Gasteiger partial charge < -0.3 is 19.0 Å². The van der Waals surface area contributed by atoms with Crippen LogP contribution in [0.2, 0.25) is 0 Å². The van der Waals surface area contributed by atoms with Crippen LogP contribution in [-0.2, 0) is 5.41 Å². The predicted molar refractivity (Wildman–Crippen MR) is 138 cm³/mol. The summed E-state index contributed by atoms with van der Waals surface area (Å²) in [5.74, 6) is 1.20. The third-order valence-electron chi connectivity index (χ3n) is 6.38. The van der Waals surface area contributed by atoms with E-state index in [0.29, 0.717) is 18.8 Å². The summed E-state index contributed by atoms with van der Waals surface area (Å²) >= 11 is 1.57. The molecule has 34 heavy (non-hydrogen) atoms. The van der Waals surface area contributed by atoms with Crippen molar-refractivity contribution in [1.82, 2.24) is 4.90 Å². The summed E-state index contributed by atoms with van der Waals surface area (Å²) in [5.41, 5.74) is 3.71. The topological polar surface area (TPSA) is 45.9 Å². The molecule has 0 saturated carbocycles. The van der Waals surface area contributed by atoms with Gasteiger partial charge in [-0.05, 0) is 72.9 Å². The molecule has 1 aliphatic rings. The number of rotatable bonds is 5. The summed E-state index contributed by atoms with van der Waals surface area (Å²) in [4.78, 5) is 18.6. The van der Waals surface area contributed by atoms with Crippen LogP contribution < -0.4 is 9.64 Å². The van der Waals surface area contributed by atoms with Crippen molar-refractivity contribution in [3.63, 3.8) is 0 Å². The number of hydrogen-bond acceptors (Lipinski definition) is 5. The molecule has 0 N–H and O–H groups in total. The summed E-state index contributed by atoms with van der Waals surface area (Å²) in [6.07, 6.45) is 0. The number of nitrogens with zero attached hydrogens (tertiary/aromatic N) is 2. The van der Waals surface area contributed by atoms with Crippen LogP contribution in [0, 0.1) is 6.92 Å². The molecule has 5 nitrogen and oxygen atoms in total. The highest BCUT2D eigenvalue weighted by molar-refractivity contribution is 7.99. The van der Waals surface area contributed by atoms with E-state index in [1.54, 1.807) is 24.9 Å². The maximum atomic E-state index is 13.2. The molecule has 6 heteroatoms. The monoisotopic (exact) mass is 478 g/mol. The SMILES string of the molecule is COc1ccc(N2CCN(C(=O)c3ccc(Sc4cc(C(C)(C)C)ccc4C)o3)CC2C)cc1. The highest BCUT2D eigenvalue weighted by atomic mass is 32.2. The van der Waals surface area contributed by atoms with Gasteiger partial charge in [-0.3, -0.25) is 4.79 Å². The molecule has 1 unspecified atom stereocenters. The zero-order valence-electron chi connectivity index (χ0n) is 20.9. The van der Waals surface area contributed by atoms with E-state index in [1.165, 1.54) is 11.1 Å². The Kier molecular flexibility index (Phi) is 6.99. The fourth-order valence-electron chi connectivity index (χ4n) is 4.23. The lowest BCUT2D eigenvalue weighted by Gasteiger charge is -2.41. The molecular weight excluding hydrogens is 444 g/mol. The minimum Gasteiger partial charge on any atom is -0.497 e. The van der Waals surface area contributed by atoms with E-state index in [0.717, 1.165) is 28.0 Å². The summed E-state index contributed by atoms with van der Waals surface area (Å²) in [6, 6.07) is 18.6. The van der Waals surface area contributed by atoms with Crippen LogP contribution in [0.5, 0.6) is 5.75 Å². The van der Waals surface area contributed by atoms with Gasteiger partial charge in [0.15, 0.2) is 10.9 Å². The third kappa shape index (κ3) is 5.27. The van der Waals surface area contributed by atoms with Crippen LogP contribution in [0.15, 0.2) is 69.0 Å². The van der Waals surface area contributed by atoms with Crippen molar-refractivity contribution in [2.24, 2.45) is 0 Å². The van der Waals surface area contributed by atoms with Crippen molar-refractivity contribution in [1.29, 1.82) is 0 Å². The van der Waals surface area contributed by atoms with Gasteiger partial charge in [0.1, 0.15) is 5.75 Å². The van der Waals surface area contributed by atoms with Gasteiger partial charge in [-0.15, -0.1) is 0 Å². The van der Waals surface area contributed by atoms with Crippen molar-refractivity contribution in [2.75, 3.05) is 31.6 Å². The fourth-order valence-corrected chi connectivity index (χ4v) is 5.13. The van der Waals surface area contributed by atoms with Gasteiger partial charge in [-0.25, -0.2) is 0 Å². The second kappa shape index (κ2) is 9.79. The minimum absolute atomic E-state index is 0.0479. The van der Waals surface area contributed by atoms with Crippen LogP contribution in [0.4, 0.5) is 5.69 Å². The average molecular weight is 479 g/mol. The molecule has 2 heterocycles. The maximum Gasteiger partial charge on any atom is 0.289 e. The van der Waals surface area contributed by atoms with Crippen LogP contribution >= 0.6 is 11.8 Å². The largest absolute Gasteiger partial charge is 0.497 e. The summed E-state index contributed by atoms with van der Waals surface area (Å²) in [5, 5.41) is 0.738. The quantitative estimate of drug-likeness (QED) is 0.425. The Morgan fingerprint density at radius 2 is 1.79 bits per heavy atom. The van der Waals surface area contributed by atoms with Gasteiger partial charge in [-0.2, -0.15) is 0 Å². The Labute approximate surface area is 207 Å². The molecule has 0 aliphatic carbocycles. The number of benzene rings is 2.